The van der Waals surface area contributed by atoms with Gasteiger partial charge in [-0.05, 0) is 118 Å². The molecule has 1 aliphatic heterocycles. The lowest BCUT2D eigenvalue weighted by Crippen LogP contribution is -2.66. The molecule has 9 atom stereocenters. The summed E-state index contributed by atoms with van der Waals surface area (Å²) in [5.74, 6) is 10.6. The van der Waals surface area contributed by atoms with Crippen molar-refractivity contribution in [3.8, 4) is 11.8 Å². The molecule has 0 aromatic heterocycles. The van der Waals surface area contributed by atoms with Gasteiger partial charge in [-0.3, -0.25) is 14.7 Å². The van der Waals surface area contributed by atoms with Crippen molar-refractivity contribution in [3.05, 3.63) is 12.2 Å². The maximum absolute atomic E-state index is 13.1. The van der Waals surface area contributed by atoms with Crippen molar-refractivity contribution in [2.24, 2.45) is 61.7 Å². The van der Waals surface area contributed by atoms with E-state index in [4.69, 9.17) is 4.99 Å². The molecule has 1 saturated heterocycles. The van der Waals surface area contributed by atoms with Gasteiger partial charge in [0, 0.05) is 49.6 Å². The van der Waals surface area contributed by atoms with Crippen LogP contribution < -0.4 is 0 Å². The molecule has 1 heterocycles. The molecule has 5 saturated carbocycles. The number of likely N-dealkylation sites (N-methyl/N-ethyl adjacent to an activating group) is 1. The summed E-state index contributed by atoms with van der Waals surface area (Å²) in [6, 6.07) is 0. The highest BCUT2D eigenvalue weighted by Crippen LogP contribution is 2.77. The molecule has 6 aliphatic rings. The number of hydrogen-bond donors (Lipinski definition) is 0. The normalized spacial score (nSPS) is 46.3. The fraction of sp³-hybridized carbons (Fsp3) is 0.846. The first-order valence-corrected chi connectivity index (χ1v) is 17.8. The van der Waals surface area contributed by atoms with Crippen LogP contribution in [0.2, 0.25) is 0 Å². The van der Waals surface area contributed by atoms with Crippen molar-refractivity contribution in [1.82, 2.24) is 9.80 Å². The first-order valence-electron chi connectivity index (χ1n) is 17.8. The number of fused-ring (bicyclic) bond motifs is 7. The zero-order valence-corrected chi connectivity index (χ0v) is 28.7. The number of ketones is 1. The lowest BCUT2D eigenvalue weighted by molar-refractivity contribution is -0.228. The molecule has 0 amide bonds. The summed E-state index contributed by atoms with van der Waals surface area (Å²) in [6.45, 7) is 25.5. The van der Waals surface area contributed by atoms with E-state index in [0.717, 1.165) is 51.5 Å². The first-order chi connectivity index (χ1) is 20.3. The molecular weight excluding hydrogens is 526 g/mol. The minimum Gasteiger partial charge on any atom is -0.304 e. The highest BCUT2D eigenvalue weighted by molar-refractivity contribution is 5.85. The van der Waals surface area contributed by atoms with Gasteiger partial charge in [-0.1, -0.05) is 58.6 Å². The van der Waals surface area contributed by atoms with Crippen LogP contribution >= 0.6 is 0 Å². The molecular formula is C39H61N3O. The van der Waals surface area contributed by atoms with Gasteiger partial charge in [0.15, 0.2) is 0 Å². The third kappa shape index (κ3) is 4.85. The monoisotopic (exact) mass is 587 g/mol. The van der Waals surface area contributed by atoms with Crippen LogP contribution in [0.15, 0.2) is 17.1 Å². The molecule has 4 heteroatoms. The van der Waals surface area contributed by atoms with Gasteiger partial charge in [0.05, 0.1) is 13.1 Å². The summed E-state index contributed by atoms with van der Waals surface area (Å²) in [5, 5.41) is 0. The quantitative estimate of drug-likeness (QED) is 0.194. The summed E-state index contributed by atoms with van der Waals surface area (Å²) in [6.07, 6.45) is 14.6. The summed E-state index contributed by atoms with van der Waals surface area (Å²) in [5.41, 5.74) is 2.37. The van der Waals surface area contributed by atoms with Crippen LogP contribution in [0.3, 0.4) is 0 Å². The zero-order chi connectivity index (χ0) is 30.8. The molecule has 4 nitrogen and oxygen atoms in total. The third-order valence-corrected chi connectivity index (χ3v) is 15.4. The molecule has 6 fully saturated rings. The fourth-order valence-electron chi connectivity index (χ4n) is 12.7. The van der Waals surface area contributed by atoms with E-state index in [1.165, 1.54) is 56.9 Å². The zero-order valence-electron chi connectivity index (χ0n) is 28.7. The predicted octanol–water partition coefficient (Wildman–Crippen LogP) is 7.53. The molecule has 0 aromatic rings. The predicted molar refractivity (Wildman–Crippen MR) is 179 cm³/mol. The van der Waals surface area contributed by atoms with Gasteiger partial charge in [-0.2, -0.15) is 0 Å². The van der Waals surface area contributed by atoms with E-state index in [1.54, 1.807) is 0 Å². The van der Waals surface area contributed by atoms with E-state index in [0.29, 0.717) is 46.8 Å². The third-order valence-electron chi connectivity index (χ3n) is 15.4. The Morgan fingerprint density at radius 1 is 0.907 bits per heavy atom. The minimum atomic E-state index is -0.172. The average molecular weight is 588 g/mol. The van der Waals surface area contributed by atoms with Crippen molar-refractivity contribution in [3.63, 3.8) is 0 Å². The Kier molecular flexibility index (Phi) is 8.15. The van der Waals surface area contributed by atoms with Crippen LogP contribution in [0, 0.1) is 68.5 Å². The Balaban J connectivity index is 1.23. The number of allylic oxidation sites excluding steroid dienone is 1. The molecule has 0 spiro atoms. The molecule has 0 aromatic carbocycles. The topological polar surface area (TPSA) is 35.9 Å². The minimum absolute atomic E-state index is 0.172. The summed E-state index contributed by atoms with van der Waals surface area (Å²) in [4.78, 5) is 23.0. The van der Waals surface area contributed by atoms with Crippen molar-refractivity contribution in [1.29, 1.82) is 0 Å². The largest absolute Gasteiger partial charge is 0.304 e. The number of nitrogens with zero attached hydrogens (tertiary/aromatic N) is 3. The van der Waals surface area contributed by atoms with Gasteiger partial charge in [-0.15, -0.1) is 0 Å². The Morgan fingerprint density at radius 2 is 1.65 bits per heavy atom. The second-order valence-corrected chi connectivity index (χ2v) is 17.5. The number of Topliss-reactive ketones (excluding diaryl/α,β-unsaturated/α-hetero) is 1. The molecule has 238 valence electrons. The van der Waals surface area contributed by atoms with Crippen molar-refractivity contribution < 1.29 is 4.79 Å². The smallest absolute Gasteiger partial charge is 0.138 e. The highest BCUT2D eigenvalue weighted by atomic mass is 16.1. The Morgan fingerprint density at radius 3 is 2.37 bits per heavy atom. The van der Waals surface area contributed by atoms with Crippen LogP contribution in [0.25, 0.3) is 0 Å². The Bertz CT molecular complexity index is 1200. The maximum atomic E-state index is 13.1. The van der Waals surface area contributed by atoms with Crippen LogP contribution in [0.5, 0.6) is 0 Å². The lowest BCUT2D eigenvalue weighted by atomic mass is 9.32. The Hall–Kier alpha value is -1.44. The number of piperazine rings is 1. The summed E-state index contributed by atoms with van der Waals surface area (Å²) >= 11 is 0. The standard InChI is InChI=1S/C39H61N3O/c1-28(2)29-13-18-39(27-40-21-9-10-22-42-25-23-41(8)24-26-42)20-19-37(6)30(34(29)39)11-12-32-36(5)16-15-33(43)35(3,4)31(36)14-17-38(32,37)7/h27,29-32,34H,1,11-26H2,2-8H3/t29-,30+,31-,32+,34+,36-,37+,38+,39+/m0/s1. The van der Waals surface area contributed by atoms with E-state index in [9.17, 15) is 4.79 Å². The van der Waals surface area contributed by atoms with Crippen LogP contribution in [0.1, 0.15) is 106 Å². The van der Waals surface area contributed by atoms with E-state index < -0.39 is 0 Å². The second-order valence-electron chi connectivity index (χ2n) is 17.5. The van der Waals surface area contributed by atoms with Crippen LogP contribution in [-0.2, 0) is 4.79 Å². The van der Waals surface area contributed by atoms with Gasteiger partial charge in [0.25, 0.3) is 0 Å². The number of aliphatic imine (C=N–C) groups is 1. The molecule has 5 aliphatic carbocycles. The molecule has 0 bridgehead atoms. The molecule has 0 radical (unpaired) electrons. The summed E-state index contributed by atoms with van der Waals surface area (Å²) in [7, 11) is 2.21. The lowest BCUT2D eigenvalue weighted by Gasteiger charge is -2.72. The van der Waals surface area contributed by atoms with Crippen LogP contribution in [-0.4, -0.2) is 68.1 Å². The van der Waals surface area contributed by atoms with Crippen molar-refractivity contribution >= 4 is 12.0 Å². The molecule has 0 N–H and O–H groups in total. The second kappa shape index (κ2) is 11.1. The van der Waals surface area contributed by atoms with Crippen LogP contribution in [0.4, 0.5) is 0 Å². The average Bonchev–Trinajstić information content (AvgIpc) is 3.34. The Labute approximate surface area is 263 Å². The number of carbonyl (C=O) groups is 1. The first kappa shape index (κ1) is 31.5. The highest BCUT2D eigenvalue weighted by Gasteiger charge is 2.70. The van der Waals surface area contributed by atoms with Crippen molar-refractivity contribution in [2.45, 2.75) is 106 Å². The number of carbonyl (C=O) groups excluding carboxylic acids is 1. The maximum Gasteiger partial charge on any atom is 0.138 e. The van der Waals surface area contributed by atoms with Gasteiger partial charge >= 0.3 is 0 Å². The van der Waals surface area contributed by atoms with Gasteiger partial charge < -0.3 is 4.90 Å². The summed E-state index contributed by atoms with van der Waals surface area (Å²) < 4.78 is 0. The molecule has 0 unspecified atom stereocenters. The van der Waals surface area contributed by atoms with Crippen molar-refractivity contribution in [2.75, 3.05) is 46.3 Å². The van der Waals surface area contributed by atoms with E-state index in [-0.39, 0.29) is 16.2 Å². The number of rotatable bonds is 4. The van der Waals surface area contributed by atoms with E-state index in [2.05, 4.69) is 83.0 Å². The molecule has 6 rings (SSSR count). The fourth-order valence-corrected chi connectivity index (χ4v) is 12.7. The van der Waals surface area contributed by atoms with E-state index >= 15 is 0 Å². The van der Waals surface area contributed by atoms with Gasteiger partial charge in [-0.25, -0.2) is 0 Å². The SMILES string of the molecule is C=C(C)[C@@H]1CC[C@]2(C=NCC#CCN3CCN(C)CC3)CC[C@]3(C)[C@H](CC[C@@H]4[C@@]5(C)CCC(=O)C(C)(C)[C@@H]5CC[C@]43C)[C@@H]12. The van der Waals surface area contributed by atoms with Gasteiger partial charge in [0.1, 0.15) is 5.78 Å². The van der Waals surface area contributed by atoms with Gasteiger partial charge in [0.2, 0.25) is 0 Å². The van der Waals surface area contributed by atoms with E-state index in [1.807, 2.05) is 0 Å². The number of hydrogen-bond acceptors (Lipinski definition) is 4. The molecule has 43 heavy (non-hydrogen) atoms.